The first-order valence-electron chi connectivity index (χ1n) is 5.59. The van der Waals surface area contributed by atoms with Gasteiger partial charge >= 0.3 is 0 Å². The number of aromatic amines is 1. The average Bonchev–Trinajstić information content (AvgIpc) is 2.79. The lowest BCUT2D eigenvalue weighted by Crippen LogP contribution is -1.84. The third-order valence-corrected chi connectivity index (χ3v) is 3.38. The van der Waals surface area contributed by atoms with Gasteiger partial charge in [-0.25, -0.2) is 9.97 Å². The van der Waals surface area contributed by atoms with Crippen LogP contribution >= 0.6 is 11.8 Å². The van der Waals surface area contributed by atoms with Crippen LogP contribution in [0, 0.1) is 5.95 Å². The molecule has 0 atom stereocenters. The van der Waals surface area contributed by atoms with Gasteiger partial charge in [-0.15, -0.1) is 0 Å². The number of fused-ring (bicyclic) bond motifs is 1. The van der Waals surface area contributed by atoms with Crippen molar-refractivity contribution in [2.24, 2.45) is 0 Å². The van der Waals surface area contributed by atoms with E-state index in [1.165, 1.54) is 17.8 Å². The molecular formula is C13H10FN3OS. The van der Waals surface area contributed by atoms with Gasteiger partial charge in [0.05, 0.1) is 18.1 Å². The normalized spacial score (nSPS) is 10.8. The molecule has 0 saturated heterocycles. The number of aromatic nitrogens is 3. The molecule has 0 bridgehead atoms. The van der Waals surface area contributed by atoms with E-state index in [2.05, 4.69) is 15.0 Å². The molecule has 3 aromatic rings. The van der Waals surface area contributed by atoms with Crippen molar-refractivity contribution in [3.63, 3.8) is 0 Å². The van der Waals surface area contributed by atoms with E-state index in [0.29, 0.717) is 10.2 Å². The highest BCUT2D eigenvalue weighted by atomic mass is 32.2. The second-order valence-corrected chi connectivity index (χ2v) is 4.83. The predicted octanol–water partition coefficient (Wildman–Crippen LogP) is 3.26. The summed E-state index contributed by atoms with van der Waals surface area (Å²) in [4.78, 5) is 11.3. The van der Waals surface area contributed by atoms with Crippen molar-refractivity contribution in [3.05, 3.63) is 42.3 Å². The first-order valence-corrected chi connectivity index (χ1v) is 6.40. The van der Waals surface area contributed by atoms with Crippen LogP contribution in [-0.2, 0) is 0 Å². The molecule has 1 N–H and O–H groups in total. The molecule has 2 heterocycles. The van der Waals surface area contributed by atoms with Crippen molar-refractivity contribution in [1.29, 1.82) is 0 Å². The SMILES string of the molecule is COc1ccc2nc(Sc3cccc(F)n3)[nH]c2c1. The highest BCUT2D eigenvalue weighted by molar-refractivity contribution is 7.99. The van der Waals surface area contributed by atoms with Gasteiger partial charge in [0.15, 0.2) is 5.16 Å². The number of H-pyrrole nitrogens is 1. The summed E-state index contributed by atoms with van der Waals surface area (Å²) in [5.74, 6) is 0.263. The fourth-order valence-electron chi connectivity index (χ4n) is 1.69. The molecule has 2 aromatic heterocycles. The molecule has 0 amide bonds. The molecule has 0 aliphatic heterocycles. The van der Waals surface area contributed by atoms with E-state index < -0.39 is 5.95 Å². The van der Waals surface area contributed by atoms with Crippen LogP contribution < -0.4 is 4.74 Å². The van der Waals surface area contributed by atoms with Crippen LogP contribution in [0.5, 0.6) is 5.75 Å². The topological polar surface area (TPSA) is 50.8 Å². The third kappa shape index (κ3) is 2.53. The molecule has 0 spiro atoms. The summed E-state index contributed by atoms with van der Waals surface area (Å²) in [5.41, 5.74) is 1.71. The van der Waals surface area contributed by atoms with E-state index in [-0.39, 0.29) is 0 Å². The molecule has 19 heavy (non-hydrogen) atoms. The standard InChI is InChI=1S/C13H10FN3OS/c1-18-8-5-6-9-10(7-8)16-13(15-9)19-12-4-2-3-11(14)17-12/h2-7H,1H3,(H,15,16). The van der Waals surface area contributed by atoms with Crippen LogP contribution in [-0.4, -0.2) is 22.1 Å². The lowest BCUT2D eigenvalue weighted by atomic mass is 10.3. The van der Waals surface area contributed by atoms with E-state index in [1.807, 2.05) is 18.2 Å². The predicted molar refractivity (Wildman–Crippen MR) is 71.0 cm³/mol. The van der Waals surface area contributed by atoms with E-state index in [9.17, 15) is 4.39 Å². The minimum atomic E-state index is -0.497. The van der Waals surface area contributed by atoms with Gasteiger partial charge in [0.1, 0.15) is 10.8 Å². The first-order chi connectivity index (χ1) is 9.24. The number of hydrogen-bond acceptors (Lipinski definition) is 4. The Kier molecular flexibility index (Phi) is 3.08. The van der Waals surface area contributed by atoms with E-state index in [4.69, 9.17) is 4.74 Å². The Hall–Kier alpha value is -2.08. The largest absolute Gasteiger partial charge is 0.497 e. The van der Waals surface area contributed by atoms with Crippen LogP contribution in [0.3, 0.4) is 0 Å². The van der Waals surface area contributed by atoms with Crippen LogP contribution in [0.15, 0.2) is 46.6 Å². The Labute approximate surface area is 113 Å². The summed E-state index contributed by atoms with van der Waals surface area (Å²) in [5, 5.41) is 1.23. The van der Waals surface area contributed by atoms with Crippen molar-refractivity contribution in [1.82, 2.24) is 15.0 Å². The maximum Gasteiger partial charge on any atom is 0.213 e. The van der Waals surface area contributed by atoms with Crippen LogP contribution in [0.4, 0.5) is 4.39 Å². The lowest BCUT2D eigenvalue weighted by molar-refractivity contribution is 0.415. The molecule has 0 saturated carbocycles. The number of rotatable bonds is 3. The second kappa shape index (κ2) is 4.89. The zero-order chi connectivity index (χ0) is 13.2. The lowest BCUT2D eigenvalue weighted by Gasteiger charge is -1.96. The van der Waals surface area contributed by atoms with Gasteiger partial charge < -0.3 is 9.72 Å². The van der Waals surface area contributed by atoms with Crippen LogP contribution in [0.1, 0.15) is 0 Å². The summed E-state index contributed by atoms with van der Waals surface area (Å²) >= 11 is 1.28. The van der Waals surface area contributed by atoms with Gasteiger partial charge in [0.25, 0.3) is 0 Å². The maximum absolute atomic E-state index is 13.0. The van der Waals surface area contributed by atoms with Gasteiger partial charge in [0.2, 0.25) is 5.95 Å². The molecule has 6 heteroatoms. The summed E-state index contributed by atoms with van der Waals surface area (Å²) in [7, 11) is 1.61. The van der Waals surface area contributed by atoms with E-state index in [1.54, 1.807) is 19.2 Å². The number of imidazole rings is 1. The molecule has 0 aliphatic carbocycles. The number of hydrogen-bond donors (Lipinski definition) is 1. The van der Waals surface area contributed by atoms with Crippen molar-refractivity contribution >= 4 is 22.8 Å². The number of benzene rings is 1. The molecule has 0 aliphatic rings. The zero-order valence-electron chi connectivity index (χ0n) is 10.1. The van der Waals surface area contributed by atoms with Gasteiger partial charge in [-0.2, -0.15) is 4.39 Å². The number of pyridine rings is 1. The molecule has 3 rings (SSSR count). The quantitative estimate of drug-likeness (QED) is 0.745. The molecule has 0 unspecified atom stereocenters. The van der Waals surface area contributed by atoms with E-state index >= 15 is 0 Å². The van der Waals surface area contributed by atoms with Crippen molar-refractivity contribution < 1.29 is 9.13 Å². The van der Waals surface area contributed by atoms with Crippen LogP contribution in [0.25, 0.3) is 11.0 Å². The number of halogens is 1. The average molecular weight is 275 g/mol. The van der Waals surface area contributed by atoms with Crippen molar-refractivity contribution in [2.45, 2.75) is 10.2 Å². The Morgan fingerprint density at radius 1 is 1.21 bits per heavy atom. The molecule has 4 nitrogen and oxygen atoms in total. The van der Waals surface area contributed by atoms with E-state index in [0.717, 1.165) is 16.8 Å². The summed E-state index contributed by atoms with van der Waals surface area (Å²) < 4.78 is 18.2. The summed E-state index contributed by atoms with van der Waals surface area (Å²) in [6, 6.07) is 10.3. The van der Waals surface area contributed by atoms with Gasteiger partial charge in [0, 0.05) is 6.07 Å². The Bertz CT molecular complexity index is 729. The highest BCUT2D eigenvalue weighted by Gasteiger charge is 2.07. The minimum absolute atomic E-state index is 0.497. The Morgan fingerprint density at radius 2 is 2.11 bits per heavy atom. The van der Waals surface area contributed by atoms with Crippen molar-refractivity contribution in [3.8, 4) is 5.75 Å². The van der Waals surface area contributed by atoms with Gasteiger partial charge in [-0.3, -0.25) is 0 Å². The number of methoxy groups -OCH3 is 1. The molecule has 1 aromatic carbocycles. The maximum atomic E-state index is 13.0. The van der Waals surface area contributed by atoms with Crippen molar-refractivity contribution in [2.75, 3.05) is 7.11 Å². The van der Waals surface area contributed by atoms with Gasteiger partial charge in [-0.05, 0) is 36.0 Å². The zero-order valence-corrected chi connectivity index (χ0v) is 10.9. The Morgan fingerprint density at radius 3 is 2.89 bits per heavy atom. The monoisotopic (exact) mass is 275 g/mol. The fourth-order valence-corrected chi connectivity index (χ4v) is 2.47. The second-order valence-electron chi connectivity index (χ2n) is 3.83. The number of nitrogens with zero attached hydrogens (tertiary/aromatic N) is 2. The molecule has 0 radical (unpaired) electrons. The molecular weight excluding hydrogens is 265 g/mol. The molecule has 96 valence electrons. The Balaban J connectivity index is 1.93. The van der Waals surface area contributed by atoms with Crippen LogP contribution in [0.2, 0.25) is 0 Å². The highest BCUT2D eigenvalue weighted by Crippen LogP contribution is 2.27. The molecule has 0 fully saturated rings. The summed E-state index contributed by atoms with van der Waals surface area (Å²) in [6.45, 7) is 0. The number of nitrogens with one attached hydrogen (secondary N) is 1. The van der Waals surface area contributed by atoms with Gasteiger partial charge in [-0.1, -0.05) is 6.07 Å². The summed E-state index contributed by atoms with van der Waals surface area (Å²) in [6.07, 6.45) is 0. The minimum Gasteiger partial charge on any atom is -0.497 e. The third-order valence-electron chi connectivity index (χ3n) is 2.56. The first kappa shape index (κ1) is 12.0. The smallest absolute Gasteiger partial charge is 0.213 e. The number of ether oxygens (including phenoxy) is 1. The fraction of sp³-hybridized carbons (Fsp3) is 0.0769.